The number of thiol groups is 1. The lowest BCUT2D eigenvalue weighted by atomic mass is 9.78. The Morgan fingerprint density at radius 2 is 1.86 bits per heavy atom. The quantitative estimate of drug-likeness (QED) is 0.620. The fraction of sp³-hybridized carbons (Fsp3) is 0.467. The summed E-state index contributed by atoms with van der Waals surface area (Å²) in [5, 5.41) is 0. The van der Waals surface area contributed by atoms with E-state index in [0.717, 1.165) is 11.0 Å². The van der Waals surface area contributed by atoms with Gasteiger partial charge in [0.05, 0.1) is 15.7 Å². The average Bonchev–Trinajstić information content (AvgIpc) is 2.59. The second-order valence-corrected chi connectivity index (χ2v) is 7.31. The molecule has 0 amide bonds. The third-order valence-electron chi connectivity index (χ3n) is 4.03. The highest BCUT2D eigenvalue weighted by molar-refractivity contribution is 9.10. The molecule has 0 N–H and O–H groups in total. The summed E-state index contributed by atoms with van der Waals surface area (Å²) in [4.78, 5) is 0. The first-order valence-electron chi connectivity index (χ1n) is 6.78. The van der Waals surface area contributed by atoms with Crippen molar-refractivity contribution in [2.75, 3.05) is 5.75 Å². The first-order valence-corrected chi connectivity index (χ1v) is 8.21. The number of halogens is 2. The van der Waals surface area contributed by atoms with Gasteiger partial charge in [0.25, 0.3) is 0 Å². The van der Waals surface area contributed by atoms with Crippen molar-refractivity contribution < 1.29 is 13.7 Å². The van der Waals surface area contributed by atoms with Crippen molar-refractivity contribution in [3.63, 3.8) is 0 Å². The van der Waals surface area contributed by atoms with Crippen LogP contribution in [0.4, 0.5) is 4.39 Å². The van der Waals surface area contributed by atoms with Gasteiger partial charge in [0.15, 0.2) is 0 Å². The highest BCUT2D eigenvalue weighted by atomic mass is 79.9. The van der Waals surface area contributed by atoms with Gasteiger partial charge in [-0.15, -0.1) is 0 Å². The molecular formula is C15H19BBrFO2S. The fourth-order valence-corrected chi connectivity index (χ4v) is 2.64. The van der Waals surface area contributed by atoms with Gasteiger partial charge < -0.3 is 9.31 Å². The minimum atomic E-state index is -0.434. The van der Waals surface area contributed by atoms with Gasteiger partial charge in [-0.1, -0.05) is 12.1 Å². The van der Waals surface area contributed by atoms with E-state index in [1.165, 1.54) is 6.07 Å². The maximum absolute atomic E-state index is 13.3. The van der Waals surface area contributed by atoms with E-state index in [9.17, 15) is 4.39 Å². The molecule has 2 rings (SSSR count). The van der Waals surface area contributed by atoms with E-state index in [-0.39, 0.29) is 17.0 Å². The van der Waals surface area contributed by atoms with Gasteiger partial charge in [-0.05, 0) is 66.8 Å². The van der Waals surface area contributed by atoms with Gasteiger partial charge in [0.2, 0.25) is 0 Å². The van der Waals surface area contributed by atoms with Crippen LogP contribution in [-0.2, 0) is 9.31 Å². The number of hydrogen-bond donors (Lipinski definition) is 1. The molecule has 0 saturated carbocycles. The lowest BCUT2D eigenvalue weighted by Gasteiger charge is -2.32. The SMILES string of the molecule is CC1(C)OB(C(=Cc2ccc(F)c(Br)c2)CS)OC1(C)C. The summed E-state index contributed by atoms with van der Waals surface area (Å²) in [6.45, 7) is 8.05. The van der Waals surface area contributed by atoms with Gasteiger partial charge in [-0.25, -0.2) is 4.39 Å². The Kier molecular flexibility index (Phi) is 4.93. The zero-order valence-electron chi connectivity index (χ0n) is 12.6. The molecule has 0 bridgehead atoms. The molecule has 1 aliphatic heterocycles. The molecule has 0 aromatic heterocycles. The number of rotatable bonds is 3. The number of hydrogen-bond acceptors (Lipinski definition) is 3. The minimum absolute atomic E-state index is 0.282. The zero-order valence-corrected chi connectivity index (χ0v) is 15.1. The molecule has 0 aliphatic carbocycles. The molecule has 0 unspecified atom stereocenters. The summed E-state index contributed by atoms with van der Waals surface area (Å²) in [7, 11) is -0.434. The summed E-state index contributed by atoms with van der Waals surface area (Å²) < 4.78 is 25.8. The Bertz CT molecular complexity index is 559. The molecule has 1 heterocycles. The molecular weight excluding hydrogens is 354 g/mol. The van der Waals surface area contributed by atoms with E-state index < -0.39 is 7.12 Å². The molecule has 21 heavy (non-hydrogen) atoms. The molecule has 1 aliphatic rings. The van der Waals surface area contributed by atoms with Gasteiger partial charge >= 0.3 is 7.12 Å². The summed E-state index contributed by atoms with van der Waals surface area (Å²) in [6.07, 6.45) is 1.93. The highest BCUT2D eigenvalue weighted by Gasteiger charge is 2.52. The van der Waals surface area contributed by atoms with E-state index in [1.54, 1.807) is 12.1 Å². The Labute approximate surface area is 139 Å². The second-order valence-electron chi connectivity index (χ2n) is 6.14. The minimum Gasteiger partial charge on any atom is -0.400 e. The van der Waals surface area contributed by atoms with E-state index in [4.69, 9.17) is 9.31 Å². The van der Waals surface area contributed by atoms with Crippen molar-refractivity contribution in [2.45, 2.75) is 38.9 Å². The van der Waals surface area contributed by atoms with Crippen LogP contribution >= 0.6 is 28.6 Å². The summed E-state index contributed by atoms with van der Waals surface area (Å²) in [6, 6.07) is 4.87. The van der Waals surface area contributed by atoms with Crippen LogP contribution in [-0.4, -0.2) is 24.1 Å². The third kappa shape index (κ3) is 3.55. The van der Waals surface area contributed by atoms with Crippen molar-refractivity contribution in [1.82, 2.24) is 0 Å². The maximum atomic E-state index is 13.3. The van der Waals surface area contributed by atoms with Crippen LogP contribution in [0.2, 0.25) is 0 Å². The fourth-order valence-electron chi connectivity index (χ4n) is 2.00. The topological polar surface area (TPSA) is 18.5 Å². The molecule has 1 aromatic rings. The first kappa shape index (κ1) is 17.1. The lowest BCUT2D eigenvalue weighted by molar-refractivity contribution is 0.00578. The van der Waals surface area contributed by atoms with Crippen LogP contribution in [0, 0.1) is 5.82 Å². The highest BCUT2D eigenvalue weighted by Crippen LogP contribution is 2.39. The van der Waals surface area contributed by atoms with Crippen LogP contribution in [0.5, 0.6) is 0 Å². The second kappa shape index (κ2) is 6.07. The summed E-state index contributed by atoms with van der Waals surface area (Å²) in [5.74, 6) is 0.224. The molecule has 1 fully saturated rings. The van der Waals surface area contributed by atoms with Gasteiger partial charge in [0.1, 0.15) is 5.82 Å². The van der Waals surface area contributed by atoms with Crippen LogP contribution in [0.15, 0.2) is 28.1 Å². The van der Waals surface area contributed by atoms with Crippen LogP contribution in [0.3, 0.4) is 0 Å². The van der Waals surface area contributed by atoms with Crippen molar-refractivity contribution in [1.29, 1.82) is 0 Å². The Morgan fingerprint density at radius 1 is 1.29 bits per heavy atom. The van der Waals surface area contributed by atoms with Gasteiger partial charge in [0, 0.05) is 5.75 Å². The predicted molar refractivity (Wildman–Crippen MR) is 92.0 cm³/mol. The van der Waals surface area contributed by atoms with Gasteiger partial charge in [-0.3, -0.25) is 0 Å². The smallest absolute Gasteiger partial charge is 0.400 e. The molecule has 2 nitrogen and oxygen atoms in total. The van der Waals surface area contributed by atoms with Crippen molar-refractivity contribution in [3.05, 3.63) is 39.5 Å². The average molecular weight is 373 g/mol. The first-order chi connectivity index (χ1) is 9.66. The largest absolute Gasteiger partial charge is 0.491 e. The van der Waals surface area contributed by atoms with Crippen molar-refractivity contribution >= 4 is 41.8 Å². The van der Waals surface area contributed by atoms with E-state index in [0.29, 0.717) is 10.2 Å². The lowest BCUT2D eigenvalue weighted by Crippen LogP contribution is -2.41. The molecule has 6 heteroatoms. The predicted octanol–water partition coefficient (Wildman–Crippen LogP) is 4.53. The molecule has 1 aromatic carbocycles. The van der Waals surface area contributed by atoms with Gasteiger partial charge in [-0.2, -0.15) is 12.6 Å². The standard InChI is InChI=1S/C15H19BBrFO2S/c1-14(2)15(3,4)20-16(19-14)11(9-21)7-10-5-6-13(18)12(17)8-10/h5-8,21H,9H2,1-4H3. The summed E-state index contributed by atoms with van der Waals surface area (Å²) in [5.41, 5.74) is 1.02. The van der Waals surface area contributed by atoms with E-state index in [2.05, 4.69) is 28.6 Å². The number of benzene rings is 1. The maximum Gasteiger partial charge on any atom is 0.491 e. The third-order valence-corrected chi connectivity index (χ3v) is 5.01. The summed E-state index contributed by atoms with van der Waals surface area (Å²) >= 11 is 7.56. The normalized spacial score (nSPS) is 20.9. The Balaban J connectivity index is 2.28. The van der Waals surface area contributed by atoms with E-state index in [1.807, 2.05) is 33.8 Å². The zero-order chi connectivity index (χ0) is 15.8. The Hall–Kier alpha value is -0.295. The molecule has 0 atom stereocenters. The Morgan fingerprint density at radius 3 is 2.33 bits per heavy atom. The van der Waals surface area contributed by atoms with Crippen molar-refractivity contribution in [2.24, 2.45) is 0 Å². The van der Waals surface area contributed by atoms with Crippen LogP contribution in [0.1, 0.15) is 33.3 Å². The molecule has 0 spiro atoms. The van der Waals surface area contributed by atoms with Crippen LogP contribution in [0.25, 0.3) is 6.08 Å². The molecule has 1 saturated heterocycles. The van der Waals surface area contributed by atoms with Crippen LogP contribution < -0.4 is 0 Å². The van der Waals surface area contributed by atoms with Crippen molar-refractivity contribution in [3.8, 4) is 0 Å². The monoisotopic (exact) mass is 372 g/mol. The van der Waals surface area contributed by atoms with E-state index >= 15 is 0 Å². The molecule has 0 radical (unpaired) electrons. The molecule has 114 valence electrons.